The summed E-state index contributed by atoms with van der Waals surface area (Å²) < 4.78 is 34.9. The molecular formula is C36H40ClN3O5S. The van der Waals surface area contributed by atoms with Gasteiger partial charge in [0.1, 0.15) is 18.3 Å². The van der Waals surface area contributed by atoms with E-state index in [1.54, 1.807) is 60.7 Å². The highest BCUT2D eigenvalue weighted by atomic mass is 35.5. The van der Waals surface area contributed by atoms with Crippen molar-refractivity contribution in [3.8, 4) is 5.75 Å². The highest BCUT2D eigenvalue weighted by Gasteiger charge is 2.34. The monoisotopic (exact) mass is 661 g/mol. The van der Waals surface area contributed by atoms with Crippen molar-refractivity contribution in [1.82, 2.24) is 10.2 Å². The maximum Gasteiger partial charge on any atom is 0.264 e. The molecule has 4 rings (SSSR count). The number of ether oxygens (including phenoxy) is 1. The number of unbranched alkanes of at least 4 members (excludes halogenated alkanes) is 1. The van der Waals surface area contributed by atoms with Crippen molar-refractivity contribution in [2.45, 2.75) is 50.6 Å². The molecular weight excluding hydrogens is 622 g/mol. The molecule has 0 aliphatic heterocycles. The lowest BCUT2D eigenvalue weighted by molar-refractivity contribution is -0.140. The number of carbonyl (C=O) groups is 2. The molecule has 1 atom stereocenters. The van der Waals surface area contributed by atoms with Crippen molar-refractivity contribution < 1.29 is 22.7 Å². The summed E-state index contributed by atoms with van der Waals surface area (Å²) in [5.74, 6) is -0.312. The van der Waals surface area contributed by atoms with Crippen molar-refractivity contribution >= 4 is 39.1 Å². The summed E-state index contributed by atoms with van der Waals surface area (Å²) in [7, 11) is -4.21. The summed E-state index contributed by atoms with van der Waals surface area (Å²) in [6.45, 7) is 4.29. The first-order valence-electron chi connectivity index (χ1n) is 15.4. The average Bonchev–Trinajstić information content (AvgIpc) is 3.06. The van der Waals surface area contributed by atoms with Gasteiger partial charge in [-0.3, -0.25) is 13.9 Å². The fourth-order valence-electron chi connectivity index (χ4n) is 5.02. The van der Waals surface area contributed by atoms with Crippen LogP contribution >= 0.6 is 11.6 Å². The van der Waals surface area contributed by atoms with Gasteiger partial charge in [-0.05, 0) is 73.0 Å². The van der Waals surface area contributed by atoms with Gasteiger partial charge in [0.25, 0.3) is 10.0 Å². The summed E-state index contributed by atoms with van der Waals surface area (Å²) in [5.41, 5.74) is 1.89. The Hall–Kier alpha value is -4.34. The van der Waals surface area contributed by atoms with Crippen LogP contribution in [0.25, 0.3) is 0 Å². The van der Waals surface area contributed by atoms with E-state index < -0.39 is 28.5 Å². The predicted octanol–water partition coefficient (Wildman–Crippen LogP) is 6.49. The van der Waals surface area contributed by atoms with E-state index in [2.05, 4.69) is 5.32 Å². The van der Waals surface area contributed by atoms with Crippen LogP contribution in [0.3, 0.4) is 0 Å². The molecule has 0 spiro atoms. The number of rotatable bonds is 16. The normalized spacial score (nSPS) is 11.8. The first-order chi connectivity index (χ1) is 22.2. The quantitative estimate of drug-likeness (QED) is 0.139. The number of halogens is 1. The molecule has 0 aliphatic carbocycles. The van der Waals surface area contributed by atoms with E-state index in [1.165, 1.54) is 17.0 Å². The molecule has 0 aromatic heterocycles. The minimum Gasteiger partial charge on any atom is -0.494 e. The molecule has 0 saturated heterocycles. The Morgan fingerprint density at radius 3 is 2.13 bits per heavy atom. The van der Waals surface area contributed by atoms with Crippen molar-refractivity contribution in [3.05, 3.63) is 125 Å². The molecule has 4 aromatic rings. The van der Waals surface area contributed by atoms with Gasteiger partial charge in [-0.2, -0.15) is 0 Å². The topological polar surface area (TPSA) is 96.0 Å². The number of para-hydroxylation sites is 1. The smallest absolute Gasteiger partial charge is 0.264 e. The van der Waals surface area contributed by atoms with Crippen LogP contribution in [0.4, 0.5) is 5.69 Å². The predicted molar refractivity (Wildman–Crippen MR) is 182 cm³/mol. The van der Waals surface area contributed by atoms with E-state index >= 15 is 0 Å². The van der Waals surface area contributed by atoms with Gasteiger partial charge in [0.15, 0.2) is 0 Å². The Morgan fingerprint density at radius 1 is 0.848 bits per heavy atom. The summed E-state index contributed by atoms with van der Waals surface area (Å²) >= 11 is 6.31. The maximum atomic E-state index is 14.5. The zero-order valence-corrected chi connectivity index (χ0v) is 27.7. The second kappa shape index (κ2) is 16.8. The van der Waals surface area contributed by atoms with Crippen LogP contribution in [0.1, 0.15) is 37.8 Å². The Labute approximate surface area is 277 Å². The van der Waals surface area contributed by atoms with E-state index in [0.29, 0.717) is 35.2 Å². The number of hydrogen-bond acceptors (Lipinski definition) is 5. The average molecular weight is 662 g/mol. The largest absolute Gasteiger partial charge is 0.494 e. The first-order valence-corrected chi connectivity index (χ1v) is 17.2. The van der Waals surface area contributed by atoms with Gasteiger partial charge in [-0.1, -0.05) is 85.6 Å². The van der Waals surface area contributed by atoms with Crippen LogP contribution in [0.5, 0.6) is 5.75 Å². The van der Waals surface area contributed by atoms with Crippen LogP contribution in [0.2, 0.25) is 5.02 Å². The van der Waals surface area contributed by atoms with Gasteiger partial charge < -0.3 is 15.0 Å². The third-order valence-corrected chi connectivity index (χ3v) is 9.41. The minimum atomic E-state index is -4.21. The van der Waals surface area contributed by atoms with Gasteiger partial charge >= 0.3 is 0 Å². The van der Waals surface area contributed by atoms with E-state index in [1.807, 2.05) is 50.2 Å². The highest BCUT2D eigenvalue weighted by molar-refractivity contribution is 7.92. The Bertz CT molecular complexity index is 1670. The van der Waals surface area contributed by atoms with Gasteiger partial charge in [-0.15, -0.1) is 0 Å². The van der Waals surface area contributed by atoms with Crippen LogP contribution in [-0.2, 0) is 32.6 Å². The fraction of sp³-hybridized carbons (Fsp3) is 0.278. The zero-order valence-electron chi connectivity index (χ0n) is 26.1. The zero-order chi connectivity index (χ0) is 32.9. The van der Waals surface area contributed by atoms with Crippen LogP contribution in [-0.4, -0.2) is 50.9 Å². The molecule has 10 heteroatoms. The summed E-state index contributed by atoms with van der Waals surface area (Å²) in [5, 5.41) is 3.48. The van der Waals surface area contributed by atoms with Gasteiger partial charge in [0.2, 0.25) is 11.8 Å². The van der Waals surface area contributed by atoms with E-state index in [-0.39, 0.29) is 23.8 Å². The van der Waals surface area contributed by atoms with Crippen molar-refractivity contribution in [3.63, 3.8) is 0 Å². The Balaban J connectivity index is 1.76. The molecule has 8 nitrogen and oxygen atoms in total. The molecule has 0 aliphatic rings. The second-order valence-corrected chi connectivity index (χ2v) is 13.1. The van der Waals surface area contributed by atoms with Crippen molar-refractivity contribution in [2.24, 2.45) is 0 Å². The molecule has 1 N–H and O–H groups in total. The van der Waals surface area contributed by atoms with Crippen molar-refractivity contribution in [1.29, 1.82) is 0 Å². The number of hydrogen-bond donors (Lipinski definition) is 1. The molecule has 0 radical (unpaired) electrons. The molecule has 1 unspecified atom stereocenters. The Kier molecular flexibility index (Phi) is 12.6. The van der Waals surface area contributed by atoms with Crippen molar-refractivity contribution in [2.75, 3.05) is 24.0 Å². The number of carbonyl (C=O) groups excluding carboxylic acids is 2. The van der Waals surface area contributed by atoms with Gasteiger partial charge in [0.05, 0.1) is 17.2 Å². The van der Waals surface area contributed by atoms with E-state index in [4.69, 9.17) is 16.3 Å². The maximum absolute atomic E-state index is 14.5. The first kappa shape index (κ1) is 34.5. The number of anilines is 1. The second-order valence-electron chi connectivity index (χ2n) is 10.8. The summed E-state index contributed by atoms with van der Waals surface area (Å²) in [6, 6.07) is 30.2. The lowest BCUT2D eigenvalue weighted by Gasteiger charge is -2.34. The fourth-order valence-corrected chi connectivity index (χ4v) is 6.64. The lowest BCUT2D eigenvalue weighted by Crippen LogP contribution is -2.53. The van der Waals surface area contributed by atoms with Gasteiger partial charge in [0, 0.05) is 24.5 Å². The van der Waals surface area contributed by atoms with Crippen LogP contribution in [0.15, 0.2) is 114 Å². The van der Waals surface area contributed by atoms with E-state index in [9.17, 15) is 18.0 Å². The van der Waals surface area contributed by atoms with Gasteiger partial charge in [-0.25, -0.2) is 8.42 Å². The molecule has 4 aromatic carbocycles. The van der Waals surface area contributed by atoms with Crippen LogP contribution in [0, 0.1) is 0 Å². The summed E-state index contributed by atoms with van der Waals surface area (Å²) in [4.78, 5) is 29.8. The number of sulfonamides is 1. The number of nitrogens with one attached hydrogen (secondary N) is 1. The standard InChI is InChI=1S/C36H40ClN3O5S/c1-3-5-23-38-36(42)34(25-28-13-8-6-9-14-28)39(26-29-15-12-16-30(37)24-29)35(41)27-40(31-17-10-7-11-18-31)46(43,44)33-21-19-32(20-22-33)45-4-2/h6-22,24,34H,3-5,23,25-27H2,1-2H3,(H,38,42). The minimum absolute atomic E-state index is 0.00661. The lowest BCUT2D eigenvalue weighted by atomic mass is 10.0. The third-order valence-electron chi connectivity index (χ3n) is 7.39. The highest BCUT2D eigenvalue weighted by Crippen LogP contribution is 2.26. The van der Waals surface area contributed by atoms with E-state index in [0.717, 1.165) is 22.7 Å². The third kappa shape index (κ3) is 9.34. The molecule has 0 heterocycles. The van der Waals surface area contributed by atoms with Crippen LogP contribution < -0.4 is 14.4 Å². The number of nitrogens with zero attached hydrogens (tertiary/aromatic N) is 2. The molecule has 2 amide bonds. The molecule has 0 bridgehead atoms. The summed E-state index contributed by atoms with van der Waals surface area (Å²) in [6.07, 6.45) is 1.92. The molecule has 46 heavy (non-hydrogen) atoms. The number of amides is 2. The molecule has 242 valence electrons. The Morgan fingerprint density at radius 2 is 1.50 bits per heavy atom. The SMILES string of the molecule is CCCCNC(=O)C(Cc1ccccc1)N(Cc1cccc(Cl)c1)C(=O)CN(c1ccccc1)S(=O)(=O)c1ccc(OCC)cc1. The molecule has 0 saturated carbocycles. The number of benzene rings is 4. The molecule has 0 fully saturated rings.